The number of nitrogens with zero attached hydrogens (tertiary/aromatic N) is 1. The molecule has 76 valence electrons. The highest BCUT2D eigenvalue weighted by molar-refractivity contribution is 5.09. The molecule has 2 aliphatic carbocycles. The van der Waals surface area contributed by atoms with E-state index in [1.165, 1.54) is 37.8 Å². The fourth-order valence-electron chi connectivity index (χ4n) is 2.08. The van der Waals surface area contributed by atoms with Crippen molar-refractivity contribution in [1.29, 1.82) is 0 Å². The molecule has 0 aromatic carbocycles. The third kappa shape index (κ3) is 1.41. The van der Waals surface area contributed by atoms with Crippen LogP contribution in [0.3, 0.4) is 0 Å². The van der Waals surface area contributed by atoms with E-state index >= 15 is 0 Å². The van der Waals surface area contributed by atoms with Gasteiger partial charge in [-0.05, 0) is 31.6 Å². The Morgan fingerprint density at radius 3 is 2.71 bits per heavy atom. The van der Waals surface area contributed by atoms with E-state index in [4.69, 9.17) is 0 Å². The first kappa shape index (κ1) is 8.33. The van der Waals surface area contributed by atoms with Gasteiger partial charge >= 0.3 is 0 Å². The summed E-state index contributed by atoms with van der Waals surface area (Å²) in [7, 11) is 0. The maximum atomic E-state index is 11.6. The Labute approximate surface area is 83.1 Å². The van der Waals surface area contributed by atoms with Crippen LogP contribution in [0.25, 0.3) is 0 Å². The Kier molecular flexibility index (Phi) is 1.79. The predicted molar refractivity (Wildman–Crippen MR) is 54.4 cm³/mol. The van der Waals surface area contributed by atoms with Gasteiger partial charge < -0.3 is 0 Å². The smallest absolute Gasteiger partial charge is 0.266 e. The Morgan fingerprint density at radius 1 is 1.36 bits per heavy atom. The topological polar surface area (TPSA) is 37.8 Å². The van der Waals surface area contributed by atoms with Crippen molar-refractivity contribution >= 4 is 0 Å². The van der Waals surface area contributed by atoms with Gasteiger partial charge in [-0.2, -0.15) is 0 Å². The summed E-state index contributed by atoms with van der Waals surface area (Å²) >= 11 is 0. The summed E-state index contributed by atoms with van der Waals surface area (Å²) in [6.07, 6.45) is 6.42. The molecule has 0 unspecified atom stereocenters. The monoisotopic (exact) mass is 192 g/mol. The molecule has 0 aliphatic heterocycles. The molecule has 1 aromatic heterocycles. The van der Waals surface area contributed by atoms with Gasteiger partial charge in [0.15, 0.2) is 0 Å². The average molecular weight is 192 g/mol. The molecule has 14 heavy (non-hydrogen) atoms. The average Bonchev–Trinajstić information content (AvgIpc) is 2.77. The van der Waals surface area contributed by atoms with E-state index in [0.717, 1.165) is 12.5 Å². The molecule has 0 spiro atoms. The van der Waals surface area contributed by atoms with Crippen LogP contribution in [0, 0.1) is 5.92 Å². The summed E-state index contributed by atoms with van der Waals surface area (Å²) in [5, 5.41) is 3.26. The van der Waals surface area contributed by atoms with Gasteiger partial charge in [0.1, 0.15) is 0 Å². The zero-order valence-corrected chi connectivity index (χ0v) is 8.33. The Bertz CT molecular complexity index is 382. The Balaban J connectivity index is 1.81. The van der Waals surface area contributed by atoms with Crippen LogP contribution in [0.4, 0.5) is 0 Å². The van der Waals surface area contributed by atoms with Crippen LogP contribution >= 0.6 is 0 Å². The first-order chi connectivity index (χ1) is 6.83. The fourth-order valence-corrected chi connectivity index (χ4v) is 2.08. The fraction of sp³-hybridized carbons (Fsp3) is 0.727. The van der Waals surface area contributed by atoms with Crippen LogP contribution in [0.5, 0.6) is 0 Å². The van der Waals surface area contributed by atoms with E-state index < -0.39 is 0 Å². The van der Waals surface area contributed by atoms with Crippen LogP contribution in [0.1, 0.15) is 43.7 Å². The summed E-state index contributed by atoms with van der Waals surface area (Å²) in [6.45, 7) is 0.908. The molecule has 0 atom stereocenters. The van der Waals surface area contributed by atoms with Crippen molar-refractivity contribution in [2.24, 2.45) is 5.92 Å². The second-order valence-electron chi connectivity index (χ2n) is 4.73. The Morgan fingerprint density at radius 2 is 2.14 bits per heavy atom. The zero-order chi connectivity index (χ0) is 9.54. The quantitative estimate of drug-likeness (QED) is 0.779. The summed E-state index contributed by atoms with van der Waals surface area (Å²) in [5.41, 5.74) is 1.33. The van der Waals surface area contributed by atoms with Crippen molar-refractivity contribution in [3.8, 4) is 0 Å². The van der Waals surface area contributed by atoms with Crippen molar-refractivity contribution in [3.63, 3.8) is 0 Å². The van der Waals surface area contributed by atoms with Gasteiger partial charge in [0.2, 0.25) is 0 Å². The molecule has 1 N–H and O–H groups in total. The molecule has 3 nitrogen and oxygen atoms in total. The second-order valence-corrected chi connectivity index (χ2v) is 4.73. The minimum Gasteiger partial charge on any atom is -0.299 e. The molecule has 0 bridgehead atoms. The maximum absolute atomic E-state index is 11.6. The molecule has 1 aromatic rings. The van der Waals surface area contributed by atoms with Crippen LogP contribution in [-0.2, 0) is 6.54 Å². The third-order valence-corrected chi connectivity index (χ3v) is 3.49. The van der Waals surface area contributed by atoms with Gasteiger partial charge in [-0.15, -0.1) is 0 Å². The van der Waals surface area contributed by atoms with Gasteiger partial charge in [0, 0.05) is 24.2 Å². The van der Waals surface area contributed by atoms with Crippen molar-refractivity contribution in [2.75, 3.05) is 0 Å². The molecule has 1 heterocycles. The van der Waals surface area contributed by atoms with Crippen LogP contribution in [0.2, 0.25) is 0 Å². The molecule has 2 fully saturated rings. The summed E-state index contributed by atoms with van der Waals surface area (Å²) in [5.74, 6) is 1.41. The van der Waals surface area contributed by atoms with Crippen molar-refractivity contribution in [1.82, 2.24) is 9.78 Å². The van der Waals surface area contributed by atoms with E-state index in [1.54, 1.807) is 10.7 Å². The largest absolute Gasteiger partial charge is 0.299 e. The SMILES string of the molecule is O=c1cc(C2CCC2)[nH]n1CC1CC1. The van der Waals surface area contributed by atoms with E-state index in [-0.39, 0.29) is 5.56 Å². The maximum Gasteiger partial charge on any atom is 0.266 e. The highest BCUT2D eigenvalue weighted by Gasteiger charge is 2.25. The number of nitrogens with one attached hydrogen (secondary N) is 1. The highest BCUT2D eigenvalue weighted by Crippen LogP contribution is 2.35. The number of hydrogen-bond donors (Lipinski definition) is 1. The molecule has 3 heteroatoms. The number of rotatable bonds is 3. The van der Waals surface area contributed by atoms with Crippen LogP contribution < -0.4 is 5.56 Å². The van der Waals surface area contributed by atoms with Gasteiger partial charge in [-0.25, -0.2) is 0 Å². The van der Waals surface area contributed by atoms with Crippen molar-refractivity contribution < 1.29 is 0 Å². The van der Waals surface area contributed by atoms with Gasteiger partial charge in [0.05, 0.1) is 0 Å². The lowest BCUT2D eigenvalue weighted by Gasteiger charge is -2.23. The van der Waals surface area contributed by atoms with Crippen LogP contribution in [0.15, 0.2) is 10.9 Å². The molecule has 0 radical (unpaired) electrons. The van der Waals surface area contributed by atoms with E-state index in [1.807, 2.05) is 0 Å². The minimum atomic E-state index is 0.166. The number of hydrogen-bond acceptors (Lipinski definition) is 1. The first-order valence-electron chi connectivity index (χ1n) is 5.62. The van der Waals surface area contributed by atoms with Gasteiger partial charge in [-0.3, -0.25) is 14.6 Å². The highest BCUT2D eigenvalue weighted by atomic mass is 16.1. The Hall–Kier alpha value is -0.990. The van der Waals surface area contributed by atoms with Crippen molar-refractivity contribution in [3.05, 3.63) is 22.1 Å². The molecule has 2 saturated carbocycles. The second kappa shape index (κ2) is 3.01. The van der Waals surface area contributed by atoms with E-state index in [9.17, 15) is 4.79 Å². The number of H-pyrrole nitrogens is 1. The lowest BCUT2D eigenvalue weighted by Crippen LogP contribution is -2.17. The molecular weight excluding hydrogens is 176 g/mol. The molecule has 0 amide bonds. The predicted octanol–water partition coefficient (Wildman–Crippen LogP) is 1.85. The van der Waals surface area contributed by atoms with Crippen LogP contribution in [-0.4, -0.2) is 9.78 Å². The lowest BCUT2D eigenvalue weighted by atomic mass is 9.83. The third-order valence-electron chi connectivity index (χ3n) is 3.49. The summed E-state index contributed by atoms with van der Waals surface area (Å²) in [4.78, 5) is 11.6. The zero-order valence-electron chi connectivity index (χ0n) is 8.33. The normalized spacial score (nSPS) is 22.3. The molecule has 3 rings (SSSR count). The molecule has 2 aliphatic rings. The minimum absolute atomic E-state index is 0.166. The molecular formula is C11H16N2O. The first-order valence-corrected chi connectivity index (χ1v) is 5.62. The number of aromatic nitrogens is 2. The van der Waals surface area contributed by atoms with E-state index in [0.29, 0.717) is 5.92 Å². The van der Waals surface area contributed by atoms with Crippen molar-refractivity contribution in [2.45, 2.75) is 44.6 Å². The standard InChI is InChI=1S/C11H16N2O/c14-11-6-10(9-2-1-3-9)12-13(11)7-8-4-5-8/h6,8-9,12H,1-5,7H2. The van der Waals surface area contributed by atoms with E-state index in [2.05, 4.69) is 5.10 Å². The number of aromatic amines is 1. The van der Waals surface area contributed by atoms with Gasteiger partial charge in [0.25, 0.3) is 5.56 Å². The van der Waals surface area contributed by atoms with Gasteiger partial charge in [-0.1, -0.05) is 6.42 Å². The molecule has 0 saturated heterocycles. The summed E-state index contributed by atoms with van der Waals surface area (Å²) in [6, 6.07) is 1.80. The summed E-state index contributed by atoms with van der Waals surface area (Å²) < 4.78 is 1.80. The lowest BCUT2D eigenvalue weighted by molar-refractivity contribution is 0.404.